The Bertz CT molecular complexity index is 656. The van der Waals surface area contributed by atoms with E-state index in [0.717, 1.165) is 49.6 Å². The molecule has 1 aliphatic rings. The molecule has 1 atom stereocenters. The predicted octanol–water partition coefficient (Wildman–Crippen LogP) is 1.49. The van der Waals surface area contributed by atoms with Gasteiger partial charge in [0.1, 0.15) is 11.5 Å². The molecule has 0 aromatic carbocycles. The Hall–Kier alpha value is -2.15. The highest BCUT2D eigenvalue weighted by Crippen LogP contribution is 2.27. The zero-order valence-corrected chi connectivity index (χ0v) is 12.9. The van der Waals surface area contributed by atoms with Crippen LogP contribution >= 0.6 is 0 Å². The molecule has 1 fully saturated rings. The molecule has 22 heavy (non-hydrogen) atoms. The number of aromatic amines is 1. The molecule has 1 saturated heterocycles. The highest BCUT2D eigenvalue weighted by atomic mass is 16.5. The van der Waals surface area contributed by atoms with Gasteiger partial charge in [0.2, 0.25) is 0 Å². The fraction of sp³-hybridized carbons (Fsp3) is 0.533. The first kappa shape index (κ1) is 14.8. The van der Waals surface area contributed by atoms with Crippen LogP contribution < -0.4 is 5.73 Å². The van der Waals surface area contributed by atoms with Crippen molar-refractivity contribution in [2.45, 2.75) is 39.2 Å². The molecule has 0 saturated carbocycles. The van der Waals surface area contributed by atoms with Gasteiger partial charge in [-0.2, -0.15) is 5.10 Å². The van der Waals surface area contributed by atoms with Crippen molar-refractivity contribution < 1.29 is 9.32 Å². The van der Waals surface area contributed by atoms with Crippen LogP contribution in [0.4, 0.5) is 0 Å². The lowest BCUT2D eigenvalue weighted by atomic mass is 9.94. The Labute approximate surface area is 128 Å². The summed E-state index contributed by atoms with van der Waals surface area (Å²) in [6.45, 7) is 6.74. The minimum atomic E-state index is -0.495. The first-order valence-electron chi connectivity index (χ1n) is 7.54. The first-order valence-corrected chi connectivity index (χ1v) is 7.54. The van der Waals surface area contributed by atoms with Gasteiger partial charge in [-0.15, -0.1) is 0 Å². The quantitative estimate of drug-likeness (QED) is 0.891. The van der Waals surface area contributed by atoms with E-state index in [9.17, 15) is 4.79 Å². The maximum absolute atomic E-state index is 11.2. The van der Waals surface area contributed by atoms with Crippen LogP contribution in [0.25, 0.3) is 0 Å². The van der Waals surface area contributed by atoms with Crippen molar-refractivity contribution in [3.05, 3.63) is 34.5 Å². The number of nitrogens with one attached hydrogen (secondary N) is 1. The maximum Gasteiger partial charge on any atom is 0.269 e. The van der Waals surface area contributed by atoms with E-state index < -0.39 is 5.91 Å². The van der Waals surface area contributed by atoms with E-state index in [2.05, 4.69) is 20.3 Å². The number of aryl methyl sites for hydroxylation is 2. The van der Waals surface area contributed by atoms with Gasteiger partial charge in [0.15, 0.2) is 0 Å². The number of hydrogen-bond acceptors (Lipinski definition) is 5. The summed E-state index contributed by atoms with van der Waals surface area (Å²) in [4.78, 5) is 13.6. The molecule has 1 amide bonds. The van der Waals surface area contributed by atoms with Crippen molar-refractivity contribution in [2.24, 2.45) is 5.73 Å². The number of nitrogens with zero attached hydrogens (tertiary/aromatic N) is 3. The van der Waals surface area contributed by atoms with Crippen LogP contribution in [0.15, 0.2) is 10.6 Å². The molecule has 7 heteroatoms. The van der Waals surface area contributed by atoms with E-state index >= 15 is 0 Å². The molecule has 2 aromatic rings. The van der Waals surface area contributed by atoms with Crippen LogP contribution in [0, 0.1) is 13.8 Å². The highest BCUT2D eigenvalue weighted by molar-refractivity contribution is 5.90. The number of hydrogen-bond donors (Lipinski definition) is 2. The summed E-state index contributed by atoms with van der Waals surface area (Å²) in [6.07, 6.45) is 2.19. The fourth-order valence-electron chi connectivity index (χ4n) is 3.08. The van der Waals surface area contributed by atoms with Crippen molar-refractivity contribution >= 4 is 5.91 Å². The van der Waals surface area contributed by atoms with Crippen molar-refractivity contribution in [2.75, 3.05) is 13.1 Å². The molecular formula is C15H21N5O2. The molecule has 3 N–H and O–H groups in total. The second-order valence-electron chi connectivity index (χ2n) is 5.95. The van der Waals surface area contributed by atoms with Crippen molar-refractivity contribution in [3.8, 4) is 0 Å². The van der Waals surface area contributed by atoms with Gasteiger partial charge in [-0.3, -0.25) is 14.8 Å². The lowest BCUT2D eigenvalue weighted by Crippen LogP contribution is -2.34. The molecule has 1 unspecified atom stereocenters. The van der Waals surface area contributed by atoms with Crippen molar-refractivity contribution in [3.63, 3.8) is 0 Å². The number of piperidine rings is 1. The number of rotatable bonds is 4. The van der Waals surface area contributed by atoms with E-state index in [1.165, 1.54) is 5.56 Å². The summed E-state index contributed by atoms with van der Waals surface area (Å²) in [5.41, 5.74) is 8.67. The van der Waals surface area contributed by atoms with E-state index in [1.54, 1.807) is 6.07 Å². The summed E-state index contributed by atoms with van der Waals surface area (Å²) in [7, 11) is 0. The summed E-state index contributed by atoms with van der Waals surface area (Å²) in [5, 5.41) is 10.9. The highest BCUT2D eigenvalue weighted by Gasteiger charge is 2.25. The lowest BCUT2D eigenvalue weighted by Gasteiger charge is -2.32. The third-order valence-electron chi connectivity index (χ3n) is 4.36. The number of carbonyl (C=O) groups excluding carboxylic acids is 1. The standard InChI is InChI=1S/C15H21N5O2/c1-9-12(10(2)22-19-9)8-20-5-3-4-11(7-20)13-6-14(15(16)21)18-17-13/h6,11H,3-5,7-8H2,1-2H3,(H2,16,21)(H,17,18). The van der Waals surface area contributed by atoms with Crippen LogP contribution in [0.2, 0.25) is 0 Å². The van der Waals surface area contributed by atoms with Crippen LogP contribution in [0.5, 0.6) is 0 Å². The molecule has 0 bridgehead atoms. The molecule has 0 radical (unpaired) electrons. The van der Waals surface area contributed by atoms with Gasteiger partial charge in [-0.1, -0.05) is 5.16 Å². The van der Waals surface area contributed by atoms with Gasteiger partial charge < -0.3 is 10.3 Å². The Morgan fingerprint density at radius 3 is 3.00 bits per heavy atom. The topological polar surface area (TPSA) is 101 Å². The first-order chi connectivity index (χ1) is 10.5. The normalized spacial score (nSPS) is 19.5. The average Bonchev–Trinajstić information content (AvgIpc) is 3.10. The SMILES string of the molecule is Cc1noc(C)c1CN1CCCC(c2cc(C(N)=O)n[nH]2)C1. The summed E-state index contributed by atoms with van der Waals surface area (Å²) >= 11 is 0. The lowest BCUT2D eigenvalue weighted by molar-refractivity contribution is 0.0995. The van der Waals surface area contributed by atoms with Crippen LogP contribution in [0.1, 0.15) is 52.0 Å². The third-order valence-corrected chi connectivity index (χ3v) is 4.36. The average molecular weight is 303 g/mol. The fourth-order valence-corrected chi connectivity index (χ4v) is 3.08. The van der Waals surface area contributed by atoms with E-state index in [4.69, 9.17) is 10.3 Å². The second-order valence-corrected chi connectivity index (χ2v) is 5.95. The molecule has 7 nitrogen and oxygen atoms in total. The predicted molar refractivity (Wildman–Crippen MR) is 80.3 cm³/mol. The van der Waals surface area contributed by atoms with Crippen LogP contribution in [-0.4, -0.2) is 39.3 Å². The smallest absolute Gasteiger partial charge is 0.269 e. The molecule has 3 heterocycles. The summed E-state index contributed by atoms with van der Waals surface area (Å²) < 4.78 is 5.23. The molecule has 118 valence electrons. The summed E-state index contributed by atoms with van der Waals surface area (Å²) in [6, 6.07) is 1.77. The van der Waals surface area contributed by atoms with Gasteiger partial charge in [0.25, 0.3) is 5.91 Å². The number of aromatic nitrogens is 3. The Morgan fingerprint density at radius 2 is 2.36 bits per heavy atom. The molecular weight excluding hydrogens is 282 g/mol. The van der Waals surface area contributed by atoms with Crippen LogP contribution in [-0.2, 0) is 6.54 Å². The van der Waals surface area contributed by atoms with Crippen molar-refractivity contribution in [1.82, 2.24) is 20.3 Å². The number of primary amides is 1. The second kappa shape index (κ2) is 5.92. The zero-order valence-electron chi connectivity index (χ0n) is 12.9. The van der Waals surface area contributed by atoms with Crippen LogP contribution in [0.3, 0.4) is 0 Å². The monoisotopic (exact) mass is 303 g/mol. The minimum Gasteiger partial charge on any atom is -0.364 e. The van der Waals surface area contributed by atoms with Gasteiger partial charge in [-0.25, -0.2) is 0 Å². The molecule has 0 aliphatic carbocycles. The number of amides is 1. The molecule has 1 aliphatic heterocycles. The van der Waals surface area contributed by atoms with Gasteiger partial charge in [0, 0.05) is 30.3 Å². The number of carbonyl (C=O) groups is 1. The van der Waals surface area contributed by atoms with Gasteiger partial charge in [-0.05, 0) is 39.3 Å². The van der Waals surface area contributed by atoms with Gasteiger partial charge >= 0.3 is 0 Å². The van der Waals surface area contributed by atoms with Gasteiger partial charge in [0.05, 0.1) is 5.69 Å². The van der Waals surface area contributed by atoms with E-state index in [-0.39, 0.29) is 0 Å². The molecule has 3 rings (SSSR count). The molecule has 2 aromatic heterocycles. The summed E-state index contributed by atoms with van der Waals surface area (Å²) in [5.74, 6) is 0.734. The maximum atomic E-state index is 11.2. The Morgan fingerprint density at radius 1 is 1.55 bits per heavy atom. The third kappa shape index (κ3) is 2.89. The molecule has 0 spiro atoms. The number of H-pyrrole nitrogens is 1. The Kier molecular flexibility index (Phi) is 3.98. The number of nitrogens with two attached hydrogens (primary N) is 1. The Balaban J connectivity index is 1.70. The largest absolute Gasteiger partial charge is 0.364 e. The number of likely N-dealkylation sites (tertiary alicyclic amines) is 1. The van der Waals surface area contributed by atoms with E-state index in [0.29, 0.717) is 11.6 Å². The van der Waals surface area contributed by atoms with Crippen molar-refractivity contribution in [1.29, 1.82) is 0 Å². The zero-order chi connectivity index (χ0) is 15.7. The van der Waals surface area contributed by atoms with E-state index in [1.807, 2.05) is 13.8 Å². The minimum absolute atomic E-state index is 0.304.